The molecule has 10 heteroatoms. The molecule has 0 spiro atoms. The smallest absolute Gasteiger partial charge is 0.337 e. The molecule has 188 valence electrons. The highest BCUT2D eigenvalue weighted by molar-refractivity contribution is 6.00. The summed E-state index contributed by atoms with van der Waals surface area (Å²) in [7, 11) is 0. The van der Waals surface area contributed by atoms with E-state index in [1.165, 1.54) is 18.2 Å². The normalized spacial score (nSPS) is 13.7. The molecule has 1 aliphatic rings. The summed E-state index contributed by atoms with van der Waals surface area (Å²) in [6.07, 6.45) is 6.38. The summed E-state index contributed by atoms with van der Waals surface area (Å²) in [5.74, 6) is -2.30. The molecule has 2 aromatic heterocycles. The Bertz CT molecular complexity index is 1310. The zero-order valence-electron chi connectivity index (χ0n) is 20.2. The second-order valence-corrected chi connectivity index (χ2v) is 8.36. The molecule has 1 aromatic carbocycles. The van der Waals surface area contributed by atoms with E-state index in [1.807, 2.05) is 0 Å². The van der Waals surface area contributed by atoms with E-state index in [9.17, 15) is 19.7 Å². The number of benzene rings is 1. The van der Waals surface area contributed by atoms with Crippen LogP contribution in [0.25, 0.3) is 0 Å². The molecule has 0 aliphatic carbocycles. The Labute approximate surface area is 212 Å². The van der Waals surface area contributed by atoms with Crippen LogP contribution in [0.3, 0.4) is 0 Å². The molecule has 3 aromatic rings. The minimum Gasteiger partial charge on any atom is -0.457 e. The lowest BCUT2D eigenvalue weighted by molar-refractivity contribution is -0.384. The summed E-state index contributed by atoms with van der Waals surface area (Å²) in [6.45, 7) is 3.31. The number of pyridine rings is 2. The lowest BCUT2D eigenvalue weighted by atomic mass is 9.80. The van der Waals surface area contributed by atoms with Crippen molar-refractivity contribution in [2.24, 2.45) is 0 Å². The van der Waals surface area contributed by atoms with Gasteiger partial charge in [0.15, 0.2) is 0 Å². The third-order valence-corrected chi connectivity index (χ3v) is 5.80. The number of esters is 2. The Balaban J connectivity index is 1.70. The lowest BCUT2D eigenvalue weighted by Gasteiger charge is -2.30. The van der Waals surface area contributed by atoms with Crippen LogP contribution >= 0.6 is 0 Å². The number of aromatic nitrogens is 2. The summed E-state index contributed by atoms with van der Waals surface area (Å²) in [5, 5.41) is 14.6. The van der Waals surface area contributed by atoms with Gasteiger partial charge in [-0.3, -0.25) is 20.1 Å². The highest BCUT2D eigenvalue weighted by atomic mass is 16.6. The molecule has 0 fully saturated rings. The molecule has 3 heterocycles. The molecule has 0 bridgehead atoms. The highest BCUT2D eigenvalue weighted by Gasteiger charge is 2.38. The largest absolute Gasteiger partial charge is 0.457 e. The van der Waals surface area contributed by atoms with E-state index >= 15 is 0 Å². The molecule has 1 N–H and O–H groups in total. The second kappa shape index (κ2) is 11.3. The number of carbonyl (C=O) groups is 2. The lowest BCUT2D eigenvalue weighted by Crippen LogP contribution is -2.32. The number of non-ortho nitro benzene ring substituents is 1. The quantitative estimate of drug-likeness (QED) is 0.275. The van der Waals surface area contributed by atoms with E-state index in [2.05, 4.69) is 15.3 Å². The molecule has 0 amide bonds. The summed E-state index contributed by atoms with van der Waals surface area (Å²) in [6, 6.07) is 12.8. The van der Waals surface area contributed by atoms with Gasteiger partial charge < -0.3 is 14.8 Å². The molecule has 0 unspecified atom stereocenters. The van der Waals surface area contributed by atoms with Crippen molar-refractivity contribution < 1.29 is 24.0 Å². The number of rotatable bonds is 8. The predicted octanol–water partition coefficient (Wildman–Crippen LogP) is 4.11. The number of nitro benzene ring substituents is 1. The Morgan fingerprint density at radius 3 is 1.89 bits per heavy atom. The molecule has 0 atom stereocenters. The van der Waals surface area contributed by atoms with Crippen LogP contribution in [0.15, 0.2) is 95.9 Å². The standard InChI is InChI=1S/C27H24N4O6/c1-17-23(26(32)36-15-19-6-4-10-28-13-19)25(21-8-3-9-22(12-21)31(34)35)24(18(2)30-17)27(33)37-16-20-7-5-11-29-14-20/h3-14,25,30H,15-16H2,1-2H3. The zero-order valence-corrected chi connectivity index (χ0v) is 20.2. The maximum atomic E-state index is 13.4. The van der Waals surface area contributed by atoms with Crippen molar-refractivity contribution >= 4 is 17.6 Å². The second-order valence-electron chi connectivity index (χ2n) is 8.36. The van der Waals surface area contributed by atoms with Crippen LogP contribution in [0, 0.1) is 10.1 Å². The number of dihydropyridines is 1. The first kappa shape index (κ1) is 25.2. The van der Waals surface area contributed by atoms with Crippen molar-refractivity contribution in [3.05, 3.63) is 123 Å². The maximum absolute atomic E-state index is 13.4. The maximum Gasteiger partial charge on any atom is 0.337 e. The molecule has 0 radical (unpaired) electrons. The first-order valence-corrected chi connectivity index (χ1v) is 11.4. The molecule has 4 rings (SSSR count). The van der Waals surface area contributed by atoms with E-state index in [0.717, 1.165) is 0 Å². The number of nitro groups is 1. The van der Waals surface area contributed by atoms with Gasteiger partial charge in [0.25, 0.3) is 5.69 Å². The van der Waals surface area contributed by atoms with Crippen LogP contribution in [0.5, 0.6) is 0 Å². The van der Waals surface area contributed by atoms with Crippen LogP contribution in [0.1, 0.15) is 36.5 Å². The number of hydrogen-bond donors (Lipinski definition) is 1. The van der Waals surface area contributed by atoms with Crippen LogP contribution in [-0.4, -0.2) is 26.8 Å². The fourth-order valence-electron chi connectivity index (χ4n) is 4.11. The average molecular weight is 501 g/mol. The fourth-order valence-corrected chi connectivity index (χ4v) is 4.11. The van der Waals surface area contributed by atoms with Crippen molar-refractivity contribution in [1.82, 2.24) is 15.3 Å². The Morgan fingerprint density at radius 1 is 0.892 bits per heavy atom. The third kappa shape index (κ3) is 5.87. The molecule has 0 saturated heterocycles. The monoisotopic (exact) mass is 500 g/mol. The average Bonchev–Trinajstić information content (AvgIpc) is 2.91. The van der Waals surface area contributed by atoms with Crippen molar-refractivity contribution in [3.63, 3.8) is 0 Å². The van der Waals surface area contributed by atoms with E-state index < -0.39 is 22.8 Å². The van der Waals surface area contributed by atoms with Gasteiger partial charge in [0.05, 0.1) is 22.0 Å². The number of allylic oxidation sites excluding steroid dienone is 2. The van der Waals surface area contributed by atoms with Gasteiger partial charge in [0.1, 0.15) is 13.2 Å². The topological polar surface area (TPSA) is 134 Å². The number of nitrogens with zero attached hydrogens (tertiary/aromatic N) is 3. The fraction of sp³-hybridized carbons (Fsp3) is 0.185. The van der Waals surface area contributed by atoms with E-state index in [0.29, 0.717) is 28.1 Å². The van der Waals surface area contributed by atoms with Crippen LogP contribution in [0.4, 0.5) is 5.69 Å². The summed E-state index contributed by atoms with van der Waals surface area (Å²) >= 11 is 0. The highest BCUT2D eigenvalue weighted by Crippen LogP contribution is 2.40. The molecule has 10 nitrogen and oxygen atoms in total. The van der Waals surface area contributed by atoms with E-state index in [1.54, 1.807) is 69.0 Å². The van der Waals surface area contributed by atoms with Gasteiger partial charge in [0, 0.05) is 59.4 Å². The SMILES string of the molecule is CC1=C(C(=O)OCc2cccnc2)C(c2cccc([N+](=O)[O-])c2)C(C(=O)OCc2cccnc2)=C(C)N1. The number of nitrogens with one attached hydrogen (secondary N) is 1. The van der Waals surface area contributed by atoms with Crippen LogP contribution in [-0.2, 0) is 32.3 Å². The van der Waals surface area contributed by atoms with Gasteiger partial charge in [0.2, 0.25) is 0 Å². The van der Waals surface area contributed by atoms with Crippen LogP contribution in [0.2, 0.25) is 0 Å². The van der Waals surface area contributed by atoms with Crippen molar-refractivity contribution in [2.45, 2.75) is 33.0 Å². The number of ether oxygens (including phenoxy) is 2. The molecular formula is C27H24N4O6. The molecular weight excluding hydrogens is 476 g/mol. The van der Waals surface area contributed by atoms with Gasteiger partial charge in [-0.15, -0.1) is 0 Å². The first-order valence-electron chi connectivity index (χ1n) is 11.4. The zero-order chi connectivity index (χ0) is 26.4. The summed E-state index contributed by atoms with van der Waals surface area (Å²) in [5.41, 5.74) is 2.84. The summed E-state index contributed by atoms with van der Waals surface area (Å²) in [4.78, 5) is 45.8. The minimum absolute atomic E-state index is 0.0331. The van der Waals surface area contributed by atoms with Crippen molar-refractivity contribution in [3.8, 4) is 0 Å². The van der Waals surface area contributed by atoms with Crippen molar-refractivity contribution in [2.75, 3.05) is 0 Å². The van der Waals surface area contributed by atoms with E-state index in [4.69, 9.17) is 9.47 Å². The van der Waals surface area contributed by atoms with Crippen LogP contribution < -0.4 is 5.32 Å². The van der Waals surface area contributed by atoms with Gasteiger partial charge >= 0.3 is 11.9 Å². The molecule has 0 saturated carbocycles. The molecule has 1 aliphatic heterocycles. The Morgan fingerprint density at radius 2 is 1.43 bits per heavy atom. The Kier molecular flexibility index (Phi) is 7.68. The third-order valence-electron chi connectivity index (χ3n) is 5.80. The van der Waals surface area contributed by atoms with Crippen molar-refractivity contribution in [1.29, 1.82) is 0 Å². The minimum atomic E-state index is -0.955. The van der Waals surface area contributed by atoms with Gasteiger partial charge in [-0.05, 0) is 31.5 Å². The van der Waals surface area contributed by atoms with Gasteiger partial charge in [-0.1, -0.05) is 24.3 Å². The van der Waals surface area contributed by atoms with E-state index in [-0.39, 0.29) is 30.0 Å². The van der Waals surface area contributed by atoms with Gasteiger partial charge in [-0.25, -0.2) is 9.59 Å². The predicted molar refractivity (Wildman–Crippen MR) is 132 cm³/mol. The number of carbonyl (C=O) groups excluding carboxylic acids is 2. The first-order chi connectivity index (χ1) is 17.8. The summed E-state index contributed by atoms with van der Waals surface area (Å²) < 4.78 is 11.1. The van der Waals surface area contributed by atoms with Gasteiger partial charge in [-0.2, -0.15) is 0 Å². The Hall–Kier alpha value is -4.86. The number of hydrogen-bond acceptors (Lipinski definition) is 9. The molecule has 37 heavy (non-hydrogen) atoms.